The van der Waals surface area contributed by atoms with Crippen molar-refractivity contribution in [3.05, 3.63) is 29.6 Å². The van der Waals surface area contributed by atoms with Crippen molar-refractivity contribution in [2.24, 2.45) is 11.8 Å². The van der Waals surface area contributed by atoms with Gasteiger partial charge in [0, 0.05) is 23.9 Å². The topological polar surface area (TPSA) is 24.9 Å². The first kappa shape index (κ1) is 14.1. The molecule has 3 atom stereocenters. The lowest BCUT2D eigenvalue weighted by Crippen LogP contribution is -2.33. The monoisotopic (exact) mass is 272 g/mol. The first-order chi connectivity index (χ1) is 9.75. The van der Waals surface area contributed by atoms with Crippen LogP contribution in [-0.4, -0.2) is 17.6 Å². The maximum atomic E-state index is 4.75. The van der Waals surface area contributed by atoms with Gasteiger partial charge in [-0.05, 0) is 62.1 Å². The molecule has 110 valence electrons. The van der Waals surface area contributed by atoms with Gasteiger partial charge in [0.2, 0.25) is 0 Å². The van der Waals surface area contributed by atoms with Gasteiger partial charge in [-0.1, -0.05) is 26.3 Å². The van der Waals surface area contributed by atoms with Crippen LogP contribution in [0.4, 0.5) is 0 Å². The van der Waals surface area contributed by atoms with E-state index in [0.29, 0.717) is 6.04 Å². The van der Waals surface area contributed by atoms with Crippen molar-refractivity contribution >= 4 is 0 Å². The summed E-state index contributed by atoms with van der Waals surface area (Å²) in [5.74, 6) is 2.44. The molecule has 3 rings (SSSR count). The van der Waals surface area contributed by atoms with E-state index in [-0.39, 0.29) is 0 Å². The van der Waals surface area contributed by atoms with Gasteiger partial charge in [0.25, 0.3) is 0 Å². The molecule has 0 saturated heterocycles. The molecule has 0 amide bonds. The highest BCUT2D eigenvalue weighted by molar-refractivity contribution is 5.27. The van der Waals surface area contributed by atoms with Gasteiger partial charge in [0.15, 0.2) is 0 Å². The molecule has 1 N–H and O–H groups in total. The summed E-state index contributed by atoms with van der Waals surface area (Å²) in [4.78, 5) is 4.75. The van der Waals surface area contributed by atoms with Gasteiger partial charge in [-0.2, -0.15) is 0 Å². The number of aromatic nitrogens is 1. The molecule has 1 heterocycles. The van der Waals surface area contributed by atoms with Crippen molar-refractivity contribution in [2.45, 2.75) is 64.3 Å². The maximum absolute atomic E-state index is 4.75. The second-order valence-corrected chi connectivity index (χ2v) is 6.96. The Balaban J connectivity index is 1.75. The number of aryl methyl sites for hydroxylation is 1. The molecule has 1 aromatic rings. The van der Waals surface area contributed by atoms with Crippen LogP contribution in [0.5, 0.6) is 0 Å². The SMILES string of the molecule is CC(C)NCC1CCCC1C1CCCc2cccnc21. The summed E-state index contributed by atoms with van der Waals surface area (Å²) < 4.78 is 0. The second-order valence-electron chi connectivity index (χ2n) is 6.96. The number of fused-ring (bicyclic) bond motifs is 1. The number of nitrogens with one attached hydrogen (secondary N) is 1. The summed E-state index contributed by atoms with van der Waals surface area (Å²) in [6.07, 6.45) is 10.2. The van der Waals surface area contributed by atoms with E-state index in [0.717, 1.165) is 17.8 Å². The van der Waals surface area contributed by atoms with Gasteiger partial charge in [-0.15, -0.1) is 0 Å². The molecule has 3 unspecified atom stereocenters. The van der Waals surface area contributed by atoms with Crippen LogP contribution in [0, 0.1) is 11.8 Å². The third-order valence-electron chi connectivity index (χ3n) is 5.26. The standard InChI is InChI=1S/C18H28N2/c1-13(2)20-12-15-7-4-9-16(15)17-10-3-6-14-8-5-11-19-18(14)17/h5,8,11,13,15-17,20H,3-4,6-7,9-10,12H2,1-2H3. The zero-order valence-corrected chi connectivity index (χ0v) is 12.9. The number of nitrogens with zero attached hydrogens (tertiary/aromatic N) is 1. The number of hydrogen-bond acceptors (Lipinski definition) is 2. The van der Waals surface area contributed by atoms with E-state index in [9.17, 15) is 0 Å². The van der Waals surface area contributed by atoms with E-state index < -0.39 is 0 Å². The minimum atomic E-state index is 0.605. The summed E-state index contributed by atoms with van der Waals surface area (Å²) in [5.41, 5.74) is 2.95. The summed E-state index contributed by atoms with van der Waals surface area (Å²) in [7, 11) is 0. The quantitative estimate of drug-likeness (QED) is 0.898. The van der Waals surface area contributed by atoms with Crippen LogP contribution in [0.2, 0.25) is 0 Å². The van der Waals surface area contributed by atoms with Gasteiger partial charge in [0.1, 0.15) is 0 Å². The van der Waals surface area contributed by atoms with Crippen molar-refractivity contribution in [1.29, 1.82) is 0 Å². The van der Waals surface area contributed by atoms with Gasteiger partial charge in [-0.3, -0.25) is 4.98 Å². The second kappa shape index (κ2) is 6.26. The average Bonchev–Trinajstić information content (AvgIpc) is 2.92. The third kappa shape index (κ3) is 2.90. The molecule has 0 bridgehead atoms. The van der Waals surface area contributed by atoms with Crippen LogP contribution in [0.3, 0.4) is 0 Å². The Kier molecular flexibility index (Phi) is 4.40. The zero-order valence-electron chi connectivity index (χ0n) is 12.9. The minimum Gasteiger partial charge on any atom is -0.314 e. The van der Waals surface area contributed by atoms with Crippen molar-refractivity contribution in [2.75, 3.05) is 6.54 Å². The van der Waals surface area contributed by atoms with Crippen molar-refractivity contribution in [3.63, 3.8) is 0 Å². The Morgan fingerprint density at radius 2 is 2.15 bits per heavy atom. The third-order valence-corrected chi connectivity index (χ3v) is 5.26. The lowest BCUT2D eigenvalue weighted by Gasteiger charge is -2.33. The highest BCUT2D eigenvalue weighted by Crippen LogP contribution is 2.45. The van der Waals surface area contributed by atoms with E-state index in [4.69, 9.17) is 4.98 Å². The molecule has 2 nitrogen and oxygen atoms in total. The first-order valence-corrected chi connectivity index (χ1v) is 8.43. The van der Waals surface area contributed by atoms with E-state index in [1.807, 2.05) is 6.20 Å². The normalized spacial score (nSPS) is 29.6. The predicted octanol–water partition coefficient (Wildman–Crippen LogP) is 3.92. The molecule has 1 fully saturated rings. The number of hydrogen-bond donors (Lipinski definition) is 1. The average molecular weight is 272 g/mol. The molecule has 0 aromatic carbocycles. The van der Waals surface area contributed by atoms with Crippen LogP contribution in [-0.2, 0) is 6.42 Å². The lowest BCUT2D eigenvalue weighted by molar-refractivity contribution is 0.281. The Hall–Kier alpha value is -0.890. The minimum absolute atomic E-state index is 0.605. The Bertz CT molecular complexity index is 441. The van der Waals surface area contributed by atoms with E-state index in [1.165, 1.54) is 56.3 Å². The van der Waals surface area contributed by atoms with Gasteiger partial charge < -0.3 is 5.32 Å². The van der Waals surface area contributed by atoms with Crippen molar-refractivity contribution < 1.29 is 0 Å². The van der Waals surface area contributed by atoms with Gasteiger partial charge in [0.05, 0.1) is 0 Å². The summed E-state index contributed by atoms with van der Waals surface area (Å²) >= 11 is 0. The molecule has 2 heteroatoms. The lowest BCUT2D eigenvalue weighted by atomic mass is 9.74. The Morgan fingerprint density at radius 1 is 1.25 bits per heavy atom. The fourth-order valence-corrected chi connectivity index (χ4v) is 4.30. The molecular formula is C18H28N2. The van der Waals surface area contributed by atoms with Crippen molar-refractivity contribution in [3.8, 4) is 0 Å². The van der Waals surface area contributed by atoms with Crippen LogP contribution in [0.1, 0.15) is 63.1 Å². The van der Waals surface area contributed by atoms with Crippen LogP contribution in [0.25, 0.3) is 0 Å². The Morgan fingerprint density at radius 3 is 3.00 bits per heavy atom. The molecule has 1 saturated carbocycles. The number of pyridine rings is 1. The molecule has 20 heavy (non-hydrogen) atoms. The molecule has 0 radical (unpaired) electrons. The van der Waals surface area contributed by atoms with E-state index in [2.05, 4.69) is 31.3 Å². The molecule has 0 aliphatic heterocycles. The molecule has 2 aliphatic rings. The molecule has 1 aromatic heterocycles. The van der Waals surface area contributed by atoms with E-state index >= 15 is 0 Å². The maximum Gasteiger partial charge on any atom is 0.0469 e. The fraction of sp³-hybridized carbons (Fsp3) is 0.722. The molecule has 0 spiro atoms. The van der Waals surface area contributed by atoms with Crippen LogP contribution >= 0.6 is 0 Å². The van der Waals surface area contributed by atoms with E-state index in [1.54, 1.807) is 0 Å². The molecular weight excluding hydrogens is 244 g/mol. The first-order valence-electron chi connectivity index (χ1n) is 8.43. The Labute approximate surface area is 123 Å². The van der Waals surface area contributed by atoms with Gasteiger partial charge >= 0.3 is 0 Å². The fourth-order valence-electron chi connectivity index (χ4n) is 4.30. The summed E-state index contributed by atoms with van der Waals surface area (Å²) in [6, 6.07) is 5.01. The smallest absolute Gasteiger partial charge is 0.0469 e. The van der Waals surface area contributed by atoms with Crippen LogP contribution in [0.15, 0.2) is 18.3 Å². The van der Waals surface area contributed by atoms with Crippen LogP contribution < -0.4 is 5.32 Å². The zero-order chi connectivity index (χ0) is 13.9. The summed E-state index contributed by atoms with van der Waals surface area (Å²) in [6.45, 7) is 5.70. The highest BCUT2D eigenvalue weighted by atomic mass is 14.9. The summed E-state index contributed by atoms with van der Waals surface area (Å²) in [5, 5.41) is 3.66. The highest BCUT2D eigenvalue weighted by Gasteiger charge is 2.36. The largest absolute Gasteiger partial charge is 0.314 e. The molecule has 2 aliphatic carbocycles. The van der Waals surface area contributed by atoms with Crippen molar-refractivity contribution in [1.82, 2.24) is 10.3 Å². The van der Waals surface area contributed by atoms with Gasteiger partial charge in [-0.25, -0.2) is 0 Å². The number of rotatable bonds is 4. The predicted molar refractivity (Wildman–Crippen MR) is 83.9 cm³/mol.